The number of hydrogen-bond donors (Lipinski definition) is 1. The van der Waals surface area contributed by atoms with Crippen LogP contribution in [-0.4, -0.2) is 22.5 Å². The van der Waals surface area contributed by atoms with Gasteiger partial charge in [-0.1, -0.05) is 44.0 Å². The Morgan fingerprint density at radius 3 is 2.45 bits per heavy atom. The molecule has 0 saturated heterocycles. The number of fused-ring (bicyclic) bond motifs is 1. The van der Waals surface area contributed by atoms with Gasteiger partial charge in [-0.15, -0.1) is 6.42 Å². The van der Waals surface area contributed by atoms with Gasteiger partial charge in [0.15, 0.2) is 0 Å². The predicted octanol–water partition coefficient (Wildman–Crippen LogP) is 6.57. The van der Waals surface area contributed by atoms with Gasteiger partial charge in [-0.2, -0.15) is 18.4 Å². The summed E-state index contributed by atoms with van der Waals surface area (Å²) in [6.07, 6.45) is 0.528. The van der Waals surface area contributed by atoms with Gasteiger partial charge in [-0.25, -0.2) is 9.97 Å². The minimum absolute atomic E-state index is 0.0653. The van der Waals surface area contributed by atoms with Gasteiger partial charge in [-0.3, -0.25) is 4.79 Å². The lowest BCUT2D eigenvalue weighted by molar-refractivity contribution is -0.137. The van der Waals surface area contributed by atoms with Crippen LogP contribution < -0.4 is 10.1 Å². The number of amides is 1. The Kier molecular flexibility index (Phi) is 7.31. The molecule has 0 radical (unpaired) electrons. The lowest BCUT2D eigenvalue weighted by Gasteiger charge is -2.13. The van der Waals surface area contributed by atoms with Gasteiger partial charge in [0.05, 0.1) is 28.4 Å². The van der Waals surface area contributed by atoms with Gasteiger partial charge >= 0.3 is 6.18 Å². The van der Waals surface area contributed by atoms with Crippen LogP contribution in [0, 0.1) is 23.7 Å². The van der Waals surface area contributed by atoms with Crippen LogP contribution in [0.1, 0.15) is 47.1 Å². The number of terminal acetylenes is 1. The molecular formula is C29H21F3N4O2. The Morgan fingerprint density at radius 1 is 1.08 bits per heavy atom. The lowest BCUT2D eigenvalue weighted by Crippen LogP contribution is -2.17. The van der Waals surface area contributed by atoms with E-state index in [2.05, 4.69) is 35.1 Å². The first-order valence-electron chi connectivity index (χ1n) is 11.5. The summed E-state index contributed by atoms with van der Waals surface area (Å²) in [5.74, 6) is 2.16. The van der Waals surface area contributed by atoms with E-state index in [9.17, 15) is 18.0 Å². The van der Waals surface area contributed by atoms with Crippen molar-refractivity contribution in [2.75, 3.05) is 11.9 Å². The molecule has 0 unspecified atom stereocenters. The molecule has 0 aliphatic rings. The van der Waals surface area contributed by atoms with E-state index < -0.39 is 23.2 Å². The second kappa shape index (κ2) is 10.6. The molecule has 0 spiro atoms. The molecule has 4 aromatic rings. The molecule has 0 fully saturated rings. The highest BCUT2D eigenvalue weighted by atomic mass is 19.4. The predicted molar refractivity (Wildman–Crippen MR) is 138 cm³/mol. The van der Waals surface area contributed by atoms with Crippen LogP contribution in [0.3, 0.4) is 0 Å². The Hall–Kier alpha value is -4.89. The molecule has 0 aliphatic heterocycles. The fraction of sp³-hybridized carbons (Fsp3) is 0.172. The maximum atomic E-state index is 13.4. The molecule has 3 aromatic carbocycles. The quantitative estimate of drug-likeness (QED) is 0.294. The van der Waals surface area contributed by atoms with E-state index >= 15 is 0 Å². The van der Waals surface area contributed by atoms with Crippen molar-refractivity contribution in [1.29, 1.82) is 5.26 Å². The van der Waals surface area contributed by atoms with Gasteiger partial charge in [0.25, 0.3) is 5.91 Å². The molecule has 0 saturated carbocycles. The zero-order chi connectivity index (χ0) is 27.4. The number of nitrogens with zero attached hydrogens (tertiary/aromatic N) is 3. The summed E-state index contributed by atoms with van der Waals surface area (Å²) in [5.41, 5.74) is 0.849. The third kappa shape index (κ3) is 5.58. The second-order valence-corrected chi connectivity index (χ2v) is 8.67. The minimum Gasteiger partial charge on any atom is -0.481 e. The van der Waals surface area contributed by atoms with Crippen LogP contribution >= 0.6 is 0 Å². The summed E-state index contributed by atoms with van der Waals surface area (Å²) in [7, 11) is 0. The van der Waals surface area contributed by atoms with Crippen molar-refractivity contribution >= 4 is 22.5 Å². The van der Waals surface area contributed by atoms with E-state index in [0.717, 1.165) is 11.6 Å². The molecule has 0 aliphatic carbocycles. The molecule has 1 N–H and O–H groups in total. The van der Waals surface area contributed by atoms with Crippen molar-refractivity contribution in [3.8, 4) is 35.4 Å². The molecule has 190 valence electrons. The first-order valence-corrected chi connectivity index (χ1v) is 11.5. The third-order valence-electron chi connectivity index (χ3n) is 5.75. The van der Waals surface area contributed by atoms with E-state index in [4.69, 9.17) is 16.4 Å². The summed E-state index contributed by atoms with van der Waals surface area (Å²) in [5, 5.41) is 12.0. The Balaban J connectivity index is 1.78. The largest absolute Gasteiger partial charge is 0.481 e. The number of nitrogens with one attached hydrogen (secondary N) is 1. The first-order chi connectivity index (χ1) is 18.1. The SMILES string of the molecule is C#CCOc1ccc2nc(C(=O)Nc3ccc(C#N)c(C(F)(F)F)c3)nc(-c3ccc(C(C)C)cc3)c2c1. The number of aromatic nitrogens is 2. The van der Waals surface area contributed by atoms with Crippen LogP contribution in [0.2, 0.25) is 0 Å². The number of nitriles is 1. The molecule has 4 rings (SSSR count). The van der Waals surface area contributed by atoms with E-state index in [-0.39, 0.29) is 18.1 Å². The highest BCUT2D eigenvalue weighted by molar-refractivity contribution is 6.04. The number of ether oxygens (including phenoxy) is 1. The van der Waals surface area contributed by atoms with Gasteiger partial charge < -0.3 is 10.1 Å². The van der Waals surface area contributed by atoms with Gasteiger partial charge in [-0.05, 0) is 47.9 Å². The fourth-order valence-electron chi connectivity index (χ4n) is 3.81. The normalized spacial score (nSPS) is 11.2. The van der Waals surface area contributed by atoms with Crippen molar-refractivity contribution in [2.24, 2.45) is 0 Å². The van der Waals surface area contributed by atoms with Crippen LogP contribution in [-0.2, 0) is 6.18 Å². The fourth-order valence-corrected chi connectivity index (χ4v) is 3.81. The van der Waals surface area contributed by atoms with E-state index in [1.807, 2.05) is 24.3 Å². The highest BCUT2D eigenvalue weighted by Crippen LogP contribution is 2.34. The third-order valence-corrected chi connectivity index (χ3v) is 5.75. The van der Waals surface area contributed by atoms with Crippen LogP contribution in [0.5, 0.6) is 5.75 Å². The van der Waals surface area contributed by atoms with Crippen molar-refractivity contribution in [1.82, 2.24) is 9.97 Å². The number of alkyl halides is 3. The van der Waals surface area contributed by atoms with E-state index in [0.29, 0.717) is 39.9 Å². The summed E-state index contributed by atoms with van der Waals surface area (Å²) in [4.78, 5) is 21.9. The van der Waals surface area contributed by atoms with Crippen molar-refractivity contribution < 1.29 is 22.7 Å². The number of benzene rings is 3. The molecule has 1 heterocycles. The van der Waals surface area contributed by atoms with Crippen LogP contribution in [0.4, 0.5) is 18.9 Å². The lowest BCUT2D eigenvalue weighted by atomic mass is 9.99. The Bertz CT molecular complexity index is 1600. The first kappa shape index (κ1) is 26.2. The zero-order valence-electron chi connectivity index (χ0n) is 20.4. The number of carbonyl (C=O) groups is 1. The molecule has 1 amide bonds. The Morgan fingerprint density at radius 2 is 1.82 bits per heavy atom. The molecular weight excluding hydrogens is 493 g/mol. The topological polar surface area (TPSA) is 87.9 Å². The molecule has 0 atom stereocenters. The summed E-state index contributed by atoms with van der Waals surface area (Å²) in [6, 6.07) is 17.1. The second-order valence-electron chi connectivity index (χ2n) is 8.67. The van der Waals surface area contributed by atoms with Gasteiger partial charge in [0.2, 0.25) is 5.82 Å². The number of halogens is 3. The monoisotopic (exact) mass is 514 g/mol. The van der Waals surface area contributed by atoms with Crippen molar-refractivity contribution in [2.45, 2.75) is 25.9 Å². The van der Waals surface area contributed by atoms with Crippen LogP contribution in [0.15, 0.2) is 60.7 Å². The van der Waals surface area contributed by atoms with E-state index in [1.165, 1.54) is 12.1 Å². The standard InChI is InChI=1S/C29H21F3N4O2/c1-4-13-38-22-11-12-25-23(15-22)26(19-7-5-18(6-8-19)17(2)3)36-27(35-25)28(37)34-21-10-9-20(16-33)24(14-21)29(30,31)32/h1,5-12,14-15,17H,13H2,2-3H3,(H,34,37). The molecule has 6 nitrogen and oxygen atoms in total. The number of rotatable bonds is 6. The van der Waals surface area contributed by atoms with Gasteiger partial charge in [0.1, 0.15) is 12.4 Å². The molecule has 0 bridgehead atoms. The van der Waals surface area contributed by atoms with Crippen LogP contribution in [0.25, 0.3) is 22.2 Å². The zero-order valence-corrected chi connectivity index (χ0v) is 20.4. The average Bonchev–Trinajstić information content (AvgIpc) is 2.90. The summed E-state index contributed by atoms with van der Waals surface area (Å²) >= 11 is 0. The van der Waals surface area contributed by atoms with E-state index in [1.54, 1.807) is 18.2 Å². The smallest absolute Gasteiger partial charge is 0.417 e. The Labute approximate surface area is 217 Å². The molecule has 1 aromatic heterocycles. The van der Waals surface area contributed by atoms with Crippen molar-refractivity contribution in [3.63, 3.8) is 0 Å². The van der Waals surface area contributed by atoms with Gasteiger partial charge in [0, 0.05) is 16.6 Å². The van der Waals surface area contributed by atoms with Crippen molar-refractivity contribution in [3.05, 3.63) is 83.2 Å². The maximum Gasteiger partial charge on any atom is 0.417 e. The summed E-state index contributed by atoms with van der Waals surface area (Å²) in [6.45, 7) is 4.20. The maximum absolute atomic E-state index is 13.4. The molecule has 9 heteroatoms. The molecule has 38 heavy (non-hydrogen) atoms. The summed E-state index contributed by atoms with van der Waals surface area (Å²) < 4.78 is 45.6. The number of anilines is 1. The average molecular weight is 515 g/mol. The number of carbonyl (C=O) groups excluding carboxylic acids is 1. The minimum atomic E-state index is -4.76. The highest BCUT2D eigenvalue weighted by Gasteiger charge is 2.34. The number of hydrogen-bond acceptors (Lipinski definition) is 5.